The molecule has 1 heterocycles. The Kier molecular flexibility index (Phi) is 4.30. The summed E-state index contributed by atoms with van der Waals surface area (Å²) in [5.41, 5.74) is 9.04. The fourth-order valence-corrected chi connectivity index (χ4v) is 2.58. The Morgan fingerprint density at radius 2 is 2.10 bits per heavy atom. The molecule has 5 heteroatoms. The lowest BCUT2D eigenvalue weighted by Gasteiger charge is -2.36. The van der Waals surface area contributed by atoms with Gasteiger partial charge < -0.3 is 20.5 Å². The lowest BCUT2D eigenvalue weighted by Crippen LogP contribution is -2.50. The average molecular weight is 278 g/mol. The number of hydrogen-bond acceptors (Lipinski definition) is 4. The molecule has 1 aliphatic rings. The van der Waals surface area contributed by atoms with Gasteiger partial charge in [-0.1, -0.05) is 6.07 Å². The summed E-state index contributed by atoms with van der Waals surface area (Å²) in [6.45, 7) is 6.60. The number of anilines is 1. The van der Waals surface area contributed by atoms with Crippen molar-refractivity contribution in [1.29, 1.82) is 0 Å². The van der Waals surface area contributed by atoms with E-state index < -0.39 is 0 Å². The standard InChI is InChI=1S/C15H22N2O3/c1-9-4-10(2)14(16)5-13(9)15(19)17-6-11(3)20-12(7-17)8-18/h4-5,11-12,18H,6-8,16H2,1-3H3. The van der Waals surface area contributed by atoms with Gasteiger partial charge in [-0.15, -0.1) is 0 Å². The molecule has 1 aromatic carbocycles. The van der Waals surface area contributed by atoms with E-state index in [9.17, 15) is 9.90 Å². The fourth-order valence-electron chi connectivity index (χ4n) is 2.58. The number of amides is 1. The Hall–Kier alpha value is -1.59. The highest BCUT2D eigenvalue weighted by Crippen LogP contribution is 2.21. The third-order valence-corrected chi connectivity index (χ3v) is 3.66. The van der Waals surface area contributed by atoms with Crippen molar-refractivity contribution in [2.24, 2.45) is 0 Å². The van der Waals surface area contributed by atoms with Crippen LogP contribution in [0.5, 0.6) is 0 Å². The zero-order valence-corrected chi connectivity index (χ0v) is 12.2. The number of aryl methyl sites for hydroxylation is 2. The number of nitrogens with two attached hydrogens (primary N) is 1. The molecule has 0 saturated carbocycles. The van der Waals surface area contributed by atoms with Crippen molar-refractivity contribution < 1.29 is 14.6 Å². The van der Waals surface area contributed by atoms with Crippen LogP contribution < -0.4 is 5.73 Å². The maximum absolute atomic E-state index is 12.6. The molecule has 0 aromatic heterocycles. The highest BCUT2D eigenvalue weighted by atomic mass is 16.5. The smallest absolute Gasteiger partial charge is 0.254 e. The second-order valence-electron chi connectivity index (χ2n) is 5.49. The third kappa shape index (κ3) is 2.94. The molecule has 1 aromatic rings. The maximum atomic E-state index is 12.6. The van der Waals surface area contributed by atoms with Gasteiger partial charge in [-0.2, -0.15) is 0 Å². The van der Waals surface area contributed by atoms with Gasteiger partial charge in [0, 0.05) is 24.3 Å². The lowest BCUT2D eigenvalue weighted by molar-refractivity contribution is -0.0858. The molecule has 1 amide bonds. The molecule has 110 valence electrons. The van der Waals surface area contributed by atoms with E-state index in [2.05, 4.69) is 0 Å². The van der Waals surface area contributed by atoms with Crippen LogP contribution >= 0.6 is 0 Å². The number of carbonyl (C=O) groups is 1. The highest BCUT2D eigenvalue weighted by Gasteiger charge is 2.29. The normalized spacial score (nSPS) is 22.9. The van der Waals surface area contributed by atoms with E-state index >= 15 is 0 Å². The number of morpholine rings is 1. The number of benzene rings is 1. The zero-order valence-electron chi connectivity index (χ0n) is 12.2. The number of carbonyl (C=O) groups excluding carboxylic acids is 1. The van der Waals surface area contributed by atoms with Crippen molar-refractivity contribution in [2.45, 2.75) is 33.0 Å². The summed E-state index contributed by atoms with van der Waals surface area (Å²) in [5, 5.41) is 9.23. The van der Waals surface area contributed by atoms with E-state index in [4.69, 9.17) is 10.5 Å². The minimum Gasteiger partial charge on any atom is -0.398 e. The van der Waals surface area contributed by atoms with E-state index in [0.717, 1.165) is 11.1 Å². The SMILES string of the molecule is Cc1cc(C)c(C(=O)N2CC(C)OC(CO)C2)cc1N. The molecule has 3 N–H and O–H groups in total. The van der Waals surface area contributed by atoms with Gasteiger partial charge >= 0.3 is 0 Å². The Labute approximate surface area is 119 Å². The third-order valence-electron chi connectivity index (χ3n) is 3.66. The largest absolute Gasteiger partial charge is 0.398 e. The molecule has 0 aliphatic carbocycles. The second kappa shape index (κ2) is 5.81. The van der Waals surface area contributed by atoms with Crippen LogP contribution in [0.4, 0.5) is 5.69 Å². The molecule has 2 atom stereocenters. The number of nitrogen functional groups attached to an aromatic ring is 1. The Morgan fingerprint density at radius 1 is 1.40 bits per heavy atom. The minimum atomic E-state index is -0.314. The van der Waals surface area contributed by atoms with Crippen LogP contribution in [0, 0.1) is 13.8 Å². The van der Waals surface area contributed by atoms with E-state index in [1.807, 2.05) is 26.8 Å². The quantitative estimate of drug-likeness (QED) is 0.795. The molecular weight excluding hydrogens is 256 g/mol. The van der Waals surface area contributed by atoms with Crippen LogP contribution in [0.3, 0.4) is 0 Å². The van der Waals surface area contributed by atoms with Crippen molar-refractivity contribution >= 4 is 11.6 Å². The van der Waals surface area contributed by atoms with Gasteiger partial charge in [-0.3, -0.25) is 4.79 Å². The van der Waals surface area contributed by atoms with Crippen molar-refractivity contribution in [3.63, 3.8) is 0 Å². The summed E-state index contributed by atoms with van der Waals surface area (Å²) < 4.78 is 5.56. The van der Waals surface area contributed by atoms with Crippen LogP contribution in [-0.2, 0) is 4.74 Å². The predicted octanol–water partition coefficient (Wildman–Crippen LogP) is 1.11. The molecule has 20 heavy (non-hydrogen) atoms. The predicted molar refractivity (Wildman–Crippen MR) is 77.7 cm³/mol. The first-order chi connectivity index (χ1) is 9.42. The molecule has 0 spiro atoms. The van der Waals surface area contributed by atoms with E-state index in [1.165, 1.54) is 0 Å². The van der Waals surface area contributed by atoms with Gasteiger partial charge in [-0.25, -0.2) is 0 Å². The minimum absolute atomic E-state index is 0.0530. The Balaban J connectivity index is 2.24. The molecule has 1 saturated heterocycles. The molecule has 0 bridgehead atoms. The van der Waals surface area contributed by atoms with Gasteiger partial charge in [0.1, 0.15) is 0 Å². The van der Waals surface area contributed by atoms with Gasteiger partial charge in [0.2, 0.25) is 0 Å². The number of hydrogen-bond donors (Lipinski definition) is 2. The zero-order chi connectivity index (χ0) is 14.9. The first kappa shape index (κ1) is 14.8. The Bertz CT molecular complexity index is 516. The number of ether oxygens (including phenoxy) is 1. The summed E-state index contributed by atoms with van der Waals surface area (Å²) in [5.74, 6) is -0.0530. The van der Waals surface area contributed by atoms with Crippen molar-refractivity contribution in [3.05, 3.63) is 28.8 Å². The molecule has 1 fully saturated rings. The lowest BCUT2D eigenvalue weighted by atomic mass is 10.0. The van der Waals surface area contributed by atoms with Gasteiger partial charge in [0.25, 0.3) is 5.91 Å². The molecular formula is C15H22N2O3. The van der Waals surface area contributed by atoms with Crippen molar-refractivity contribution in [1.82, 2.24) is 4.90 Å². The van der Waals surface area contributed by atoms with Crippen molar-refractivity contribution in [3.8, 4) is 0 Å². The van der Waals surface area contributed by atoms with E-state index in [-0.39, 0.29) is 24.7 Å². The number of nitrogens with zero attached hydrogens (tertiary/aromatic N) is 1. The number of rotatable bonds is 2. The van der Waals surface area contributed by atoms with E-state index in [0.29, 0.717) is 24.3 Å². The monoisotopic (exact) mass is 278 g/mol. The summed E-state index contributed by atoms with van der Waals surface area (Å²) in [4.78, 5) is 14.4. The maximum Gasteiger partial charge on any atom is 0.254 e. The molecule has 0 radical (unpaired) electrons. The first-order valence-corrected chi connectivity index (χ1v) is 6.84. The second-order valence-corrected chi connectivity index (χ2v) is 5.49. The molecule has 5 nitrogen and oxygen atoms in total. The average Bonchev–Trinajstić information content (AvgIpc) is 2.41. The van der Waals surface area contributed by atoms with Crippen molar-refractivity contribution in [2.75, 3.05) is 25.4 Å². The summed E-state index contributed by atoms with van der Waals surface area (Å²) in [6.07, 6.45) is -0.390. The van der Waals surface area contributed by atoms with Crippen LogP contribution in [0.25, 0.3) is 0 Å². The van der Waals surface area contributed by atoms with Crippen LogP contribution in [0.15, 0.2) is 12.1 Å². The number of aliphatic hydroxyl groups excluding tert-OH is 1. The van der Waals surface area contributed by atoms with Crippen LogP contribution in [0.2, 0.25) is 0 Å². The Morgan fingerprint density at radius 3 is 2.75 bits per heavy atom. The molecule has 2 unspecified atom stereocenters. The highest BCUT2D eigenvalue weighted by molar-refractivity contribution is 5.96. The topological polar surface area (TPSA) is 75.8 Å². The van der Waals surface area contributed by atoms with Crippen LogP contribution in [0.1, 0.15) is 28.4 Å². The number of aliphatic hydroxyl groups is 1. The molecule has 1 aliphatic heterocycles. The summed E-state index contributed by atoms with van der Waals surface area (Å²) >= 11 is 0. The van der Waals surface area contributed by atoms with Crippen LogP contribution in [-0.4, -0.2) is 47.8 Å². The van der Waals surface area contributed by atoms with Gasteiger partial charge in [0.15, 0.2) is 0 Å². The van der Waals surface area contributed by atoms with E-state index in [1.54, 1.807) is 11.0 Å². The summed E-state index contributed by atoms with van der Waals surface area (Å²) in [7, 11) is 0. The van der Waals surface area contributed by atoms with Gasteiger partial charge in [0.05, 0.1) is 18.8 Å². The fraction of sp³-hybridized carbons (Fsp3) is 0.533. The summed E-state index contributed by atoms with van der Waals surface area (Å²) in [6, 6.07) is 3.66. The van der Waals surface area contributed by atoms with Gasteiger partial charge in [-0.05, 0) is 38.0 Å². The first-order valence-electron chi connectivity index (χ1n) is 6.84. The molecule has 2 rings (SSSR count).